The van der Waals surface area contributed by atoms with Crippen molar-refractivity contribution in [1.82, 2.24) is 0 Å². The van der Waals surface area contributed by atoms with Crippen LogP contribution in [0.1, 0.15) is 73.1 Å². The highest BCUT2D eigenvalue weighted by molar-refractivity contribution is 6.69. The Morgan fingerprint density at radius 1 is 0.829 bits per heavy atom. The van der Waals surface area contributed by atoms with E-state index in [0.717, 1.165) is 24.3 Å². The molecule has 0 N–H and O–H groups in total. The molecule has 4 unspecified atom stereocenters. The summed E-state index contributed by atoms with van der Waals surface area (Å²) in [6, 6.07) is -0.913. The summed E-state index contributed by atoms with van der Waals surface area (Å²) < 4.78 is 6.06. The molecule has 35 heavy (non-hydrogen) atoms. The monoisotopic (exact) mass is 510 g/mol. The second kappa shape index (κ2) is 12.5. The van der Waals surface area contributed by atoms with Gasteiger partial charge in [-0.2, -0.15) is 0 Å². The lowest BCUT2D eigenvalue weighted by Gasteiger charge is -2.35. The van der Waals surface area contributed by atoms with E-state index in [1.807, 2.05) is 6.92 Å². The predicted octanol–water partition coefficient (Wildman–Crippen LogP) is 5.68. The van der Waals surface area contributed by atoms with Gasteiger partial charge in [0.25, 0.3) is 0 Å². The highest BCUT2D eigenvalue weighted by Crippen LogP contribution is 2.35. The maximum absolute atomic E-state index is 11.4. The summed E-state index contributed by atoms with van der Waals surface area (Å²) in [6.45, 7) is 17.5. The molecule has 2 aliphatic rings. The van der Waals surface area contributed by atoms with Crippen LogP contribution in [0.2, 0.25) is 19.6 Å². The Labute approximate surface area is 211 Å². The van der Waals surface area contributed by atoms with Crippen molar-refractivity contribution in [3.05, 3.63) is 20.2 Å². The first-order chi connectivity index (χ1) is 16.2. The van der Waals surface area contributed by atoms with Crippen molar-refractivity contribution >= 4 is 19.7 Å². The lowest BCUT2D eigenvalue weighted by Crippen LogP contribution is -2.41. The van der Waals surface area contributed by atoms with E-state index in [9.17, 15) is 20.2 Å². The minimum atomic E-state index is -1.60. The third-order valence-corrected chi connectivity index (χ3v) is 8.73. The van der Waals surface area contributed by atoms with E-state index in [0.29, 0.717) is 32.3 Å². The van der Waals surface area contributed by atoms with Crippen molar-refractivity contribution in [2.45, 2.75) is 117 Å². The minimum absolute atomic E-state index is 0.0318. The second-order valence-corrected chi connectivity index (χ2v) is 16.6. The maximum Gasteiger partial charge on any atom is 0.213 e. The Bertz CT molecular complexity index is 788. The van der Waals surface area contributed by atoms with Crippen LogP contribution in [-0.4, -0.2) is 60.4 Å². The summed E-state index contributed by atoms with van der Waals surface area (Å²) in [5, 5.41) is 22.7. The molecule has 0 aromatic carbocycles. The molecule has 10 heteroatoms. The maximum atomic E-state index is 11.4. The molecular formula is C25H46N4O5Si. The van der Waals surface area contributed by atoms with Crippen molar-refractivity contribution in [1.29, 1.82) is 0 Å². The zero-order valence-corrected chi connectivity index (χ0v) is 23.9. The molecule has 0 radical (unpaired) electrons. The van der Waals surface area contributed by atoms with Crippen molar-refractivity contribution in [3.8, 4) is 0 Å². The van der Waals surface area contributed by atoms with Crippen LogP contribution in [0.25, 0.3) is 0 Å². The van der Waals surface area contributed by atoms with Gasteiger partial charge >= 0.3 is 0 Å². The van der Waals surface area contributed by atoms with Gasteiger partial charge in [0.05, 0.1) is 23.5 Å². The molecule has 0 bridgehead atoms. The van der Waals surface area contributed by atoms with Crippen LogP contribution < -0.4 is 0 Å². The fourth-order valence-electron chi connectivity index (χ4n) is 5.88. The first kappa shape index (κ1) is 29.5. The van der Waals surface area contributed by atoms with Gasteiger partial charge in [0.2, 0.25) is 12.1 Å². The largest absolute Gasteiger partial charge is 0.418 e. The molecule has 0 heterocycles. The smallest absolute Gasteiger partial charge is 0.213 e. The van der Waals surface area contributed by atoms with Gasteiger partial charge in [-0.3, -0.25) is 30.2 Å². The molecule has 4 atom stereocenters. The molecular weight excluding hydrogens is 464 g/mol. The molecule has 0 saturated heterocycles. The second-order valence-electron chi connectivity index (χ2n) is 12.1. The van der Waals surface area contributed by atoms with Gasteiger partial charge < -0.3 is 4.43 Å². The topological polar surface area (TPSA) is 120 Å². The van der Waals surface area contributed by atoms with Gasteiger partial charge in [-0.25, -0.2) is 0 Å². The molecule has 0 aromatic heterocycles. The van der Waals surface area contributed by atoms with Crippen LogP contribution in [0.4, 0.5) is 0 Å². The molecule has 9 nitrogen and oxygen atoms in total. The van der Waals surface area contributed by atoms with Crippen LogP contribution >= 0.6 is 0 Å². The molecule has 0 aliphatic heterocycles. The summed E-state index contributed by atoms with van der Waals surface area (Å²) >= 11 is 0. The quantitative estimate of drug-likeness (QED) is 0.123. The summed E-state index contributed by atoms with van der Waals surface area (Å²) in [7, 11) is -1.60. The number of aliphatic imine (C=N–C) groups is 2. The van der Waals surface area contributed by atoms with Gasteiger partial charge in [-0.05, 0) is 63.1 Å². The molecule has 2 fully saturated rings. The van der Waals surface area contributed by atoms with Crippen LogP contribution in [0.15, 0.2) is 9.98 Å². The summed E-state index contributed by atoms with van der Waals surface area (Å²) in [4.78, 5) is 32.7. The van der Waals surface area contributed by atoms with Crippen LogP contribution in [0, 0.1) is 43.9 Å². The minimum Gasteiger partial charge on any atom is -0.418 e. The first-order valence-electron chi connectivity index (χ1n) is 13.2. The Hall–Kier alpha value is -1.68. The molecule has 0 spiro atoms. The summed E-state index contributed by atoms with van der Waals surface area (Å²) in [5.41, 5.74) is 1.86. The zero-order valence-electron chi connectivity index (χ0n) is 22.9. The summed E-state index contributed by atoms with van der Waals surface area (Å²) in [6.07, 6.45) is 3.80. The van der Waals surface area contributed by atoms with Crippen LogP contribution in [-0.2, 0) is 4.43 Å². The van der Waals surface area contributed by atoms with Crippen molar-refractivity contribution < 1.29 is 14.3 Å². The van der Waals surface area contributed by atoms with Gasteiger partial charge in [-0.1, -0.05) is 27.7 Å². The highest BCUT2D eigenvalue weighted by atomic mass is 28.4. The average Bonchev–Trinajstić information content (AvgIpc) is 2.73. The van der Waals surface area contributed by atoms with Gasteiger partial charge in [0, 0.05) is 42.1 Å². The highest BCUT2D eigenvalue weighted by Gasteiger charge is 2.40. The Kier molecular flexibility index (Phi) is 10.6. The van der Waals surface area contributed by atoms with Gasteiger partial charge in [0.1, 0.15) is 0 Å². The third-order valence-electron chi connectivity index (χ3n) is 7.66. The number of nitrogens with zero attached hydrogens (tertiary/aromatic N) is 4. The number of rotatable bonds is 10. The Morgan fingerprint density at radius 3 is 1.60 bits per heavy atom. The van der Waals surface area contributed by atoms with E-state index < -0.39 is 20.4 Å². The van der Waals surface area contributed by atoms with E-state index in [1.54, 1.807) is 0 Å². The van der Waals surface area contributed by atoms with Crippen molar-refractivity contribution in [2.24, 2.45) is 33.7 Å². The van der Waals surface area contributed by atoms with Crippen molar-refractivity contribution in [2.75, 3.05) is 6.61 Å². The van der Waals surface area contributed by atoms with Gasteiger partial charge in [-0.15, -0.1) is 0 Å². The average molecular weight is 511 g/mol. The number of hydrogen-bond donors (Lipinski definition) is 0. The molecule has 200 valence electrons. The number of nitro groups is 2. The Balaban J connectivity index is 2.26. The van der Waals surface area contributed by atoms with E-state index in [4.69, 9.17) is 14.4 Å². The van der Waals surface area contributed by atoms with Crippen LogP contribution in [0.3, 0.4) is 0 Å². The zero-order chi connectivity index (χ0) is 26.5. The molecule has 0 amide bonds. The molecule has 2 aliphatic carbocycles. The first-order valence-corrected chi connectivity index (χ1v) is 16.6. The lowest BCUT2D eigenvalue weighted by molar-refractivity contribution is -0.529. The normalized spacial score (nSPS) is 35.1. The van der Waals surface area contributed by atoms with Crippen molar-refractivity contribution in [3.63, 3.8) is 0 Å². The van der Waals surface area contributed by atoms with E-state index in [-0.39, 0.29) is 45.6 Å². The van der Waals surface area contributed by atoms with Gasteiger partial charge in [0.15, 0.2) is 8.32 Å². The van der Waals surface area contributed by atoms with Crippen LogP contribution in [0.5, 0.6) is 0 Å². The fourth-order valence-corrected chi connectivity index (χ4v) is 6.63. The predicted molar refractivity (Wildman–Crippen MR) is 143 cm³/mol. The Morgan fingerprint density at radius 2 is 1.23 bits per heavy atom. The third kappa shape index (κ3) is 8.73. The molecule has 2 rings (SSSR count). The summed E-state index contributed by atoms with van der Waals surface area (Å²) in [5.74, 6) is 0.523. The molecule has 0 aromatic rings. The fraction of sp³-hybridized carbons (Fsp3) is 0.920. The molecule has 2 saturated carbocycles. The standard InChI is InChI=1S/C25H46N4O5Si/c1-16-12-21(28(30)31)13-17(2)24(16)26-20(5)23(10-9-11-34-35(6,7)8)27-25-18(3)14-22(29(32)33)15-19(25)4/h16-19,21-22,24-25H,9-15H2,1-8H3. The number of hydrogen-bond acceptors (Lipinski definition) is 7. The SMILES string of the molecule is CC(=NC1C(C)CC([N+](=O)[O-])CC1C)C(CCCO[Si](C)(C)C)=NC1C(C)CC([N+](=O)[O-])CC1C. The van der Waals surface area contributed by atoms with E-state index >= 15 is 0 Å². The van der Waals surface area contributed by atoms with E-state index in [2.05, 4.69) is 47.3 Å². The van der Waals surface area contributed by atoms with E-state index in [1.165, 1.54) is 0 Å². The lowest BCUT2D eigenvalue weighted by atomic mass is 9.76.